The molecular weight excluding hydrogens is 280 g/mol. The van der Waals surface area contributed by atoms with E-state index in [1.165, 1.54) is 29.7 Å². The standard InChI is InChI=1S/C12H12N4O3S/c1-7-13-5-9(20-7)6-15-12(19)16-8-2-3-10(11(17)18)14-4-8/h2-5H,6H2,1H3,(H,17,18)(H2,15,16,19). The molecule has 0 fully saturated rings. The van der Waals surface area contributed by atoms with Crippen LogP contribution in [0, 0.1) is 6.92 Å². The number of nitrogens with one attached hydrogen (secondary N) is 2. The molecule has 0 atom stereocenters. The predicted octanol–water partition coefficient (Wildman–Crippen LogP) is 1.87. The van der Waals surface area contributed by atoms with Crippen LogP contribution in [0.5, 0.6) is 0 Å². The van der Waals surface area contributed by atoms with Crippen LogP contribution in [0.15, 0.2) is 24.5 Å². The fourth-order valence-electron chi connectivity index (χ4n) is 1.42. The highest BCUT2D eigenvalue weighted by atomic mass is 32.1. The highest BCUT2D eigenvalue weighted by Gasteiger charge is 2.06. The summed E-state index contributed by atoms with van der Waals surface area (Å²) in [6, 6.07) is 2.41. The topological polar surface area (TPSA) is 104 Å². The number of hydrogen-bond acceptors (Lipinski definition) is 5. The van der Waals surface area contributed by atoms with E-state index in [-0.39, 0.29) is 11.7 Å². The molecule has 0 radical (unpaired) electrons. The first kappa shape index (κ1) is 13.9. The largest absolute Gasteiger partial charge is 0.477 e. The minimum Gasteiger partial charge on any atom is -0.477 e. The normalized spacial score (nSPS) is 10.1. The summed E-state index contributed by atoms with van der Waals surface area (Å²) >= 11 is 1.51. The molecule has 0 spiro atoms. The van der Waals surface area contributed by atoms with E-state index in [0.29, 0.717) is 12.2 Å². The van der Waals surface area contributed by atoms with Gasteiger partial charge in [-0.3, -0.25) is 0 Å². The summed E-state index contributed by atoms with van der Waals surface area (Å²) < 4.78 is 0. The number of aromatic carboxylic acids is 1. The molecule has 0 saturated carbocycles. The van der Waals surface area contributed by atoms with E-state index in [4.69, 9.17) is 5.11 Å². The van der Waals surface area contributed by atoms with Gasteiger partial charge in [-0.1, -0.05) is 0 Å². The number of carboxylic acids is 1. The molecule has 0 aliphatic heterocycles. The van der Waals surface area contributed by atoms with Crippen molar-refractivity contribution in [3.05, 3.63) is 40.1 Å². The van der Waals surface area contributed by atoms with Gasteiger partial charge >= 0.3 is 12.0 Å². The molecule has 2 amide bonds. The summed E-state index contributed by atoms with van der Waals surface area (Å²) in [4.78, 5) is 31.0. The number of nitrogens with zero attached hydrogens (tertiary/aromatic N) is 2. The minimum atomic E-state index is -1.11. The van der Waals surface area contributed by atoms with Crippen LogP contribution in [-0.2, 0) is 6.54 Å². The maximum Gasteiger partial charge on any atom is 0.354 e. The Bertz CT molecular complexity index is 624. The predicted molar refractivity (Wildman–Crippen MR) is 73.9 cm³/mol. The Labute approximate surface area is 118 Å². The molecule has 2 heterocycles. The van der Waals surface area contributed by atoms with E-state index < -0.39 is 5.97 Å². The number of urea groups is 1. The van der Waals surface area contributed by atoms with Crippen LogP contribution in [0.25, 0.3) is 0 Å². The average molecular weight is 292 g/mol. The first-order valence-corrected chi connectivity index (χ1v) is 6.52. The molecule has 0 unspecified atom stereocenters. The van der Waals surface area contributed by atoms with Crippen LogP contribution in [0.2, 0.25) is 0 Å². The monoisotopic (exact) mass is 292 g/mol. The van der Waals surface area contributed by atoms with E-state index in [1.807, 2.05) is 6.92 Å². The second-order valence-corrected chi connectivity index (χ2v) is 5.21. The molecule has 0 aromatic carbocycles. The highest BCUT2D eigenvalue weighted by Crippen LogP contribution is 2.11. The molecule has 3 N–H and O–H groups in total. The van der Waals surface area contributed by atoms with Gasteiger partial charge in [0.05, 0.1) is 23.4 Å². The summed E-state index contributed by atoms with van der Waals surface area (Å²) in [6.07, 6.45) is 3.00. The van der Waals surface area contributed by atoms with Gasteiger partial charge < -0.3 is 15.7 Å². The smallest absolute Gasteiger partial charge is 0.354 e. The van der Waals surface area contributed by atoms with Gasteiger partial charge in [-0.15, -0.1) is 11.3 Å². The number of amides is 2. The van der Waals surface area contributed by atoms with Crippen molar-refractivity contribution < 1.29 is 14.7 Å². The molecule has 2 rings (SSSR count). The van der Waals surface area contributed by atoms with Crippen LogP contribution in [0.4, 0.5) is 10.5 Å². The second kappa shape index (κ2) is 6.11. The van der Waals surface area contributed by atoms with Crippen molar-refractivity contribution in [1.29, 1.82) is 0 Å². The number of hydrogen-bond donors (Lipinski definition) is 3. The Kier molecular flexibility index (Phi) is 4.26. The zero-order valence-electron chi connectivity index (χ0n) is 10.6. The molecule has 2 aromatic heterocycles. The van der Waals surface area contributed by atoms with Gasteiger partial charge in [-0.25, -0.2) is 19.6 Å². The zero-order valence-corrected chi connectivity index (χ0v) is 11.4. The number of carbonyl (C=O) groups is 2. The van der Waals surface area contributed by atoms with E-state index in [9.17, 15) is 9.59 Å². The fourth-order valence-corrected chi connectivity index (χ4v) is 2.16. The van der Waals surface area contributed by atoms with Gasteiger partial charge in [0, 0.05) is 11.1 Å². The zero-order chi connectivity index (χ0) is 14.5. The molecule has 104 valence electrons. The number of pyridine rings is 1. The molecule has 0 saturated heterocycles. The third-order valence-electron chi connectivity index (χ3n) is 2.33. The third kappa shape index (κ3) is 3.75. The number of aromatic nitrogens is 2. The summed E-state index contributed by atoms with van der Waals surface area (Å²) in [7, 11) is 0. The van der Waals surface area contributed by atoms with E-state index in [0.717, 1.165) is 9.88 Å². The Morgan fingerprint density at radius 3 is 2.65 bits per heavy atom. The molecule has 0 bridgehead atoms. The summed E-state index contributed by atoms with van der Waals surface area (Å²) in [5.74, 6) is -1.11. The van der Waals surface area contributed by atoms with Gasteiger partial charge in [0.1, 0.15) is 5.69 Å². The number of carboxylic acid groups (broad SMARTS) is 1. The fraction of sp³-hybridized carbons (Fsp3) is 0.167. The summed E-state index contributed by atoms with van der Waals surface area (Å²) in [6.45, 7) is 2.28. The average Bonchev–Trinajstić information content (AvgIpc) is 2.83. The van der Waals surface area contributed by atoms with Gasteiger partial charge in [-0.05, 0) is 19.1 Å². The summed E-state index contributed by atoms with van der Waals surface area (Å²) in [5.41, 5.74) is 0.351. The first-order valence-electron chi connectivity index (χ1n) is 5.70. The molecule has 0 aliphatic carbocycles. The Balaban J connectivity index is 1.86. The van der Waals surface area contributed by atoms with Crippen molar-refractivity contribution in [2.45, 2.75) is 13.5 Å². The number of thiazole rings is 1. The number of rotatable bonds is 4. The number of carbonyl (C=O) groups excluding carboxylic acids is 1. The lowest BCUT2D eigenvalue weighted by Crippen LogP contribution is -2.27. The molecule has 2 aromatic rings. The number of aryl methyl sites for hydroxylation is 1. The van der Waals surface area contributed by atoms with Crippen molar-refractivity contribution in [2.24, 2.45) is 0 Å². The minimum absolute atomic E-state index is 0.0731. The van der Waals surface area contributed by atoms with Gasteiger partial charge in [0.2, 0.25) is 0 Å². The lowest BCUT2D eigenvalue weighted by atomic mass is 10.3. The van der Waals surface area contributed by atoms with Crippen LogP contribution >= 0.6 is 11.3 Å². The Hall–Kier alpha value is -2.48. The quantitative estimate of drug-likeness (QED) is 0.798. The van der Waals surface area contributed by atoms with Crippen LogP contribution in [0.1, 0.15) is 20.4 Å². The molecule has 7 nitrogen and oxygen atoms in total. The Morgan fingerprint density at radius 1 is 1.30 bits per heavy atom. The van der Waals surface area contributed by atoms with Gasteiger partial charge in [-0.2, -0.15) is 0 Å². The van der Waals surface area contributed by atoms with E-state index in [1.54, 1.807) is 6.20 Å². The van der Waals surface area contributed by atoms with Gasteiger partial charge in [0.25, 0.3) is 0 Å². The molecule has 0 aliphatic rings. The lowest BCUT2D eigenvalue weighted by molar-refractivity contribution is 0.0690. The summed E-state index contributed by atoms with van der Waals surface area (Å²) in [5, 5.41) is 14.9. The van der Waals surface area contributed by atoms with Crippen LogP contribution in [0.3, 0.4) is 0 Å². The Morgan fingerprint density at radius 2 is 2.10 bits per heavy atom. The SMILES string of the molecule is Cc1ncc(CNC(=O)Nc2ccc(C(=O)O)nc2)s1. The lowest BCUT2D eigenvalue weighted by Gasteiger charge is -2.06. The first-order chi connectivity index (χ1) is 9.54. The van der Waals surface area contributed by atoms with Crippen molar-refractivity contribution in [2.75, 3.05) is 5.32 Å². The third-order valence-corrected chi connectivity index (χ3v) is 3.25. The van der Waals surface area contributed by atoms with Crippen LogP contribution < -0.4 is 10.6 Å². The van der Waals surface area contributed by atoms with E-state index in [2.05, 4.69) is 20.6 Å². The maximum atomic E-state index is 11.6. The molecule has 20 heavy (non-hydrogen) atoms. The second-order valence-electron chi connectivity index (χ2n) is 3.89. The van der Waals surface area contributed by atoms with Gasteiger partial charge in [0.15, 0.2) is 0 Å². The highest BCUT2D eigenvalue weighted by molar-refractivity contribution is 7.11. The van der Waals surface area contributed by atoms with Crippen molar-refractivity contribution in [3.8, 4) is 0 Å². The van der Waals surface area contributed by atoms with Crippen molar-refractivity contribution >= 4 is 29.0 Å². The van der Waals surface area contributed by atoms with Crippen molar-refractivity contribution in [3.63, 3.8) is 0 Å². The molecule has 8 heteroatoms. The number of anilines is 1. The molecular formula is C12H12N4O3S. The van der Waals surface area contributed by atoms with E-state index >= 15 is 0 Å². The van der Waals surface area contributed by atoms with Crippen LogP contribution in [-0.4, -0.2) is 27.1 Å². The maximum absolute atomic E-state index is 11.6. The van der Waals surface area contributed by atoms with Crippen molar-refractivity contribution in [1.82, 2.24) is 15.3 Å².